The fraction of sp³-hybridized carbons (Fsp3) is 0.846. The molecular weight excluding hydrogens is 659 g/mol. The van der Waals surface area contributed by atoms with Crippen LogP contribution in [0.1, 0.15) is 174 Å². The van der Waals surface area contributed by atoms with Crippen molar-refractivity contribution in [2.45, 2.75) is 187 Å². The van der Waals surface area contributed by atoms with Crippen LogP contribution in [-0.4, -0.2) is 65.7 Å². The minimum atomic E-state index is -4.61. The Morgan fingerprint density at radius 2 is 1.04 bits per heavy atom. The minimum Gasteiger partial charge on any atom is -0.462 e. The molecule has 0 bridgehead atoms. The Labute approximate surface area is 304 Å². The van der Waals surface area contributed by atoms with Gasteiger partial charge in [-0.05, 0) is 44.9 Å². The van der Waals surface area contributed by atoms with Crippen molar-refractivity contribution in [1.29, 1.82) is 0 Å². The predicted molar refractivity (Wildman–Crippen MR) is 201 cm³/mol. The standard InChI is InChI=1S/C39H73O10P/c1-3-5-7-9-11-13-14-15-16-17-18-19-20-21-22-23-25-27-29-31-39(43)49-37(35-48-50(44,45)47-33-36(41)32-40)34-46-38(42)30-28-26-24-12-10-8-6-4-2/h11,13,15-16,36-37,40-41H,3-10,12,14,17-35H2,1-2H3,(H,44,45)/b13-11+,16-15+/t36-,37+/m0/s1. The monoisotopic (exact) mass is 732 g/mol. The van der Waals surface area contributed by atoms with E-state index in [9.17, 15) is 24.2 Å². The van der Waals surface area contributed by atoms with E-state index in [1.807, 2.05) is 0 Å². The minimum absolute atomic E-state index is 0.181. The number of carbonyl (C=O) groups is 2. The molecule has 3 N–H and O–H groups in total. The first-order chi connectivity index (χ1) is 24.2. The number of phosphoric ester groups is 1. The average Bonchev–Trinajstić information content (AvgIpc) is 3.10. The molecule has 0 saturated carbocycles. The summed E-state index contributed by atoms with van der Waals surface area (Å²) in [5.74, 6) is -0.931. The summed E-state index contributed by atoms with van der Waals surface area (Å²) in [6.45, 7) is 2.31. The van der Waals surface area contributed by atoms with Gasteiger partial charge in [0.2, 0.25) is 0 Å². The van der Waals surface area contributed by atoms with Crippen LogP contribution in [0.3, 0.4) is 0 Å². The first-order valence-corrected chi connectivity index (χ1v) is 21.3. The SMILES string of the molecule is CCCCC/C=C/C/C=C/CCCCCCCCCCCC(=O)O[C@H](COC(=O)CCCCCCCCCC)COP(=O)(O)OC[C@@H](O)CO. The molecule has 0 aromatic carbocycles. The maximum atomic E-state index is 12.5. The molecule has 0 spiro atoms. The van der Waals surface area contributed by atoms with Crippen LogP contribution in [-0.2, 0) is 32.7 Å². The highest BCUT2D eigenvalue weighted by Crippen LogP contribution is 2.43. The van der Waals surface area contributed by atoms with E-state index in [1.54, 1.807) is 0 Å². The summed E-state index contributed by atoms with van der Waals surface area (Å²) in [7, 11) is -4.61. The Kier molecular flexibility index (Phi) is 34.7. The average molecular weight is 733 g/mol. The second-order valence-corrected chi connectivity index (χ2v) is 14.8. The van der Waals surface area contributed by atoms with Crippen LogP contribution in [0.25, 0.3) is 0 Å². The van der Waals surface area contributed by atoms with Crippen molar-refractivity contribution in [3.05, 3.63) is 24.3 Å². The van der Waals surface area contributed by atoms with Gasteiger partial charge in [-0.15, -0.1) is 0 Å². The van der Waals surface area contributed by atoms with E-state index >= 15 is 0 Å². The van der Waals surface area contributed by atoms with E-state index in [1.165, 1.54) is 83.5 Å². The molecule has 0 radical (unpaired) electrons. The van der Waals surface area contributed by atoms with Crippen molar-refractivity contribution < 1.29 is 47.8 Å². The van der Waals surface area contributed by atoms with Gasteiger partial charge in [0.05, 0.1) is 19.8 Å². The highest BCUT2D eigenvalue weighted by Gasteiger charge is 2.27. The molecule has 0 aliphatic carbocycles. The van der Waals surface area contributed by atoms with Crippen molar-refractivity contribution in [2.24, 2.45) is 0 Å². The van der Waals surface area contributed by atoms with Gasteiger partial charge in [-0.25, -0.2) is 4.57 Å². The molecule has 10 nitrogen and oxygen atoms in total. The molecule has 11 heteroatoms. The fourth-order valence-electron chi connectivity index (χ4n) is 5.26. The van der Waals surface area contributed by atoms with Gasteiger partial charge >= 0.3 is 19.8 Å². The van der Waals surface area contributed by atoms with Crippen molar-refractivity contribution in [1.82, 2.24) is 0 Å². The number of carbonyl (C=O) groups excluding carboxylic acids is 2. The van der Waals surface area contributed by atoms with Crippen LogP contribution in [0.4, 0.5) is 0 Å². The van der Waals surface area contributed by atoms with Gasteiger partial charge in [0.1, 0.15) is 12.7 Å². The zero-order chi connectivity index (χ0) is 37.0. The molecule has 3 atom stereocenters. The normalized spacial score (nSPS) is 14.3. The molecule has 0 heterocycles. The van der Waals surface area contributed by atoms with Gasteiger partial charge in [-0.2, -0.15) is 0 Å². The summed E-state index contributed by atoms with van der Waals surface area (Å²) in [6.07, 6.45) is 33.0. The maximum Gasteiger partial charge on any atom is 0.472 e. The van der Waals surface area contributed by atoms with Crippen LogP contribution in [0.2, 0.25) is 0 Å². The number of hydrogen-bond acceptors (Lipinski definition) is 9. The highest BCUT2D eigenvalue weighted by atomic mass is 31.2. The van der Waals surface area contributed by atoms with Crippen LogP contribution < -0.4 is 0 Å². The molecular formula is C39H73O10P. The maximum absolute atomic E-state index is 12.5. The van der Waals surface area contributed by atoms with Gasteiger partial charge in [0.25, 0.3) is 0 Å². The van der Waals surface area contributed by atoms with Gasteiger partial charge in [-0.3, -0.25) is 18.6 Å². The number of rotatable bonds is 37. The van der Waals surface area contributed by atoms with Gasteiger partial charge < -0.3 is 24.6 Å². The van der Waals surface area contributed by atoms with E-state index in [0.29, 0.717) is 12.8 Å². The number of phosphoric acid groups is 1. The van der Waals surface area contributed by atoms with Gasteiger partial charge in [0.15, 0.2) is 6.10 Å². The second kappa shape index (κ2) is 35.8. The summed E-state index contributed by atoms with van der Waals surface area (Å²) in [6, 6.07) is 0. The Bertz CT molecular complexity index is 894. The number of ether oxygens (including phenoxy) is 2. The molecule has 0 aliphatic heterocycles. The zero-order valence-corrected chi connectivity index (χ0v) is 32.5. The quantitative estimate of drug-likeness (QED) is 0.0244. The van der Waals surface area contributed by atoms with E-state index in [0.717, 1.165) is 51.4 Å². The molecule has 294 valence electrons. The lowest BCUT2D eigenvalue weighted by Crippen LogP contribution is -2.29. The Morgan fingerprint density at radius 1 is 0.600 bits per heavy atom. The number of allylic oxidation sites excluding steroid dienone is 4. The Hall–Kier alpha value is -1.55. The molecule has 0 rings (SSSR count). The number of aliphatic hydroxyl groups excluding tert-OH is 2. The third kappa shape index (κ3) is 34.9. The first-order valence-electron chi connectivity index (χ1n) is 19.8. The van der Waals surface area contributed by atoms with Gasteiger partial charge in [0, 0.05) is 12.8 Å². The van der Waals surface area contributed by atoms with Crippen molar-refractivity contribution in [3.8, 4) is 0 Å². The van der Waals surface area contributed by atoms with E-state index < -0.39 is 51.8 Å². The van der Waals surface area contributed by atoms with Gasteiger partial charge in [-0.1, -0.05) is 141 Å². The summed E-state index contributed by atoms with van der Waals surface area (Å²) in [4.78, 5) is 34.7. The van der Waals surface area contributed by atoms with E-state index in [4.69, 9.17) is 19.1 Å². The smallest absolute Gasteiger partial charge is 0.462 e. The summed E-state index contributed by atoms with van der Waals surface area (Å²) in [5, 5.41) is 18.3. The summed E-state index contributed by atoms with van der Waals surface area (Å²) >= 11 is 0. The lowest BCUT2D eigenvalue weighted by molar-refractivity contribution is -0.161. The molecule has 1 unspecified atom stereocenters. The third-order valence-corrected chi connectivity index (χ3v) is 9.31. The van der Waals surface area contributed by atoms with Crippen LogP contribution >= 0.6 is 7.82 Å². The largest absolute Gasteiger partial charge is 0.472 e. The molecule has 0 fully saturated rings. The Balaban J connectivity index is 4.25. The lowest BCUT2D eigenvalue weighted by atomic mass is 10.1. The third-order valence-electron chi connectivity index (χ3n) is 8.36. The lowest BCUT2D eigenvalue weighted by Gasteiger charge is -2.20. The van der Waals surface area contributed by atoms with Crippen molar-refractivity contribution in [2.75, 3.05) is 26.4 Å². The second-order valence-electron chi connectivity index (χ2n) is 13.3. The van der Waals surface area contributed by atoms with Crippen LogP contribution in [0.5, 0.6) is 0 Å². The number of unbranched alkanes of at least 4 members (excludes halogenated alkanes) is 19. The number of aliphatic hydroxyl groups is 2. The fourth-order valence-corrected chi connectivity index (χ4v) is 6.05. The van der Waals surface area contributed by atoms with Crippen LogP contribution in [0.15, 0.2) is 24.3 Å². The van der Waals surface area contributed by atoms with Crippen LogP contribution in [0, 0.1) is 0 Å². The van der Waals surface area contributed by atoms with Crippen molar-refractivity contribution >= 4 is 19.8 Å². The summed E-state index contributed by atoms with van der Waals surface area (Å²) < 4.78 is 32.5. The molecule has 0 saturated heterocycles. The number of hydrogen-bond donors (Lipinski definition) is 3. The van der Waals surface area contributed by atoms with E-state index in [2.05, 4.69) is 42.7 Å². The predicted octanol–water partition coefficient (Wildman–Crippen LogP) is 9.83. The zero-order valence-electron chi connectivity index (χ0n) is 31.6. The number of esters is 2. The molecule has 50 heavy (non-hydrogen) atoms. The van der Waals surface area contributed by atoms with Crippen molar-refractivity contribution in [3.63, 3.8) is 0 Å². The molecule has 0 aromatic rings. The molecule has 0 amide bonds. The molecule has 0 aromatic heterocycles. The van der Waals surface area contributed by atoms with E-state index in [-0.39, 0.29) is 19.4 Å². The Morgan fingerprint density at radius 3 is 1.58 bits per heavy atom. The first kappa shape index (κ1) is 48.5. The summed E-state index contributed by atoms with van der Waals surface area (Å²) in [5.41, 5.74) is 0. The topological polar surface area (TPSA) is 149 Å². The highest BCUT2D eigenvalue weighted by molar-refractivity contribution is 7.47. The molecule has 0 aliphatic rings.